The van der Waals surface area contributed by atoms with Crippen LogP contribution in [0.15, 0.2) is 30.7 Å². The van der Waals surface area contributed by atoms with Gasteiger partial charge in [-0.15, -0.1) is 0 Å². The summed E-state index contributed by atoms with van der Waals surface area (Å²) in [5, 5.41) is 0. The van der Waals surface area contributed by atoms with Crippen LogP contribution >= 0.6 is 0 Å². The van der Waals surface area contributed by atoms with Crippen molar-refractivity contribution in [2.75, 3.05) is 39.3 Å². The number of hydrogen-bond donors (Lipinski definition) is 0. The number of amides is 2. The van der Waals surface area contributed by atoms with Gasteiger partial charge in [0.25, 0.3) is 0 Å². The van der Waals surface area contributed by atoms with E-state index in [1.807, 2.05) is 38.7 Å². The molecule has 0 aromatic carbocycles. The maximum absolute atomic E-state index is 12.8. The molecule has 144 valence electrons. The van der Waals surface area contributed by atoms with Crippen molar-refractivity contribution in [2.45, 2.75) is 37.8 Å². The van der Waals surface area contributed by atoms with Crippen LogP contribution in [0.1, 0.15) is 25.7 Å². The molecule has 0 bridgehead atoms. The second-order valence-electron chi connectivity index (χ2n) is 7.94. The van der Waals surface area contributed by atoms with Crippen LogP contribution < -0.4 is 4.74 Å². The number of rotatable bonds is 3. The van der Waals surface area contributed by atoms with E-state index in [2.05, 4.69) is 9.88 Å². The molecule has 4 heterocycles. The van der Waals surface area contributed by atoms with Gasteiger partial charge < -0.3 is 18.9 Å². The van der Waals surface area contributed by atoms with Crippen LogP contribution in [0, 0.1) is 0 Å². The fourth-order valence-electron chi connectivity index (χ4n) is 4.27. The predicted molar refractivity (Wildman–Crippen MR) is 102 cm³/mol. The van der Waals surface area contributed by atoms with Crippen molar-refractivity contribution in [2.24, 2.45) is 0 Å². The minimum Gasteiger partial charge on any atom is -0.487 e. The van der Waals surface area contributed by atoms with E-state index in [0.717, 1.165) is 50.0 Å². The van der Waals surface area contributed by atoms with Crippen LogP contribution in [-0.2, 0) is 0 Å². The first kappa shape index (κ1) is 16.9. The van der Waals surface area contributed by atoms with Gasteiger partial charge in [-0.3, -0.25) is 4.90 Å². The molecule has 27 heavy (non-hydrogen) atoms. The maximum Gasteiger partial charge on any atom is 0.320 e. The Bertz CT molecular complexity index is 812. The van der Waals surface area contributed by atoms with Crippen LogP contribution in [0.5, 0.6) is 5.75 Å². The number of ether oxygens (including phenoxy) is 1. The second-order valence-corrected chi connectivity index (χ2v) is 7.94. The lowest BCUT2D eigenvalue weighted by atomic mass is 9.91. The Labute approximate surface area is 159 Å². The van der Waals surface area contributed by atoms with Crippen molar-refractivity contribution in [1.82, 2.24) is 24.1 Å². The average Bonchev–Trinajstić information content (AvgIpc) is 2.93. The molecule has 2 aromatic rings. The van der Waals surface area contributed by atoms with Gasteiger partial charge in [0.15, 0.2) is 0 Å². The summed E-state index contributed by atoms with van der Waals surface area (Å²) < 4.78 is 7.97. The Hall–Kier alpha value is -2.28. The van der Waals surface area contributed by atoms with Gasteiger partial charge in [-0.05, 0) is 25.3 Å². The second kappa shape index (κ2) is 7.03. The Kier molecular flexibility index (Phi) is 4.39. The van der Waals surface area contributed by atoms with Gasteiger partial charge in [-0.25, -0.2) is 9.78 Å². The molecule has 1 aliphatic carbocycles. The number of hydrogen-bond acceptors (Lipinski definition) is 4. The minimum atomic E-state index is 0.0739. The third-order valence-corrected chi connectivity index (χ3v) is 6.18. The molecule has 0 unspecified atom stereocenters. The molecule has 0 radical (unpaired) electrons. The first-order valence-electron chi connectivity index (χ1n) is 10.1. The number of carbonyl (C=O) groups is 1. The van der Waals surface area contributed by atoms with Crippen LogP contribution in [0.4, 0.5) is 4.79 Å². The van der Waals surface area contributed by atoms with E-state index in [4.69, 9.17) is 4.74 Å². The number of likely N-dealkylation sites (tertiary alicyclic amines) is 1. The summed E-state index contributed by atoms with van der Waals surface area (Å²) >= 11 is 0. The van der Waals surface area contributed by atoms with Gasteiger partial charge in [0, 0.05) is 56.9 Å². The lowest BCUT2D eigenvalue weighted by molar-refractivity contribution is 0.0308. The first-order chi connectivity index (χ1) is 13.3. The molecule has 3 aliphatic rings. The molecule has 2 aromatic heterocycles. The standard InChI is InChI=1S/C20H27N5O2/c26-20(24-8-2-7-22(11-12-24)16-3-1-4-16)25-14-18(15-25)27-17-5-9-23-10-6-21-19(23)13-17/h5-6,9-10,13,16,18H,1-4,7-8,11-12,14-15H2. The molecule has 7 nitrogen and oxygen atoms in total. The molecule has 2 saturated heterocycles. The van der Waals surface area contributed by atoms with Gasteiger partial charge >= 0.3 is 6.03 Å². The van der Waals surface area contributed by atoms with Gasteiger partial charge in [0.05, 0.1) is 13.1 Å². The Balaban J connectivity index is 1.11. The van der Waals surface area contributed by atoms with E-state index >= 15 is 0 Å². The van der Waals surface area contributed by atoms with Crippen molar-refractivity contribution in [1.29, 1.82) is 0 Å². The lowest BCUT2D eigenvalue weighted by Crippen LogP contribution is -2.60. The summed E-state index contributed by atoms with van der Waals surface area (Å²) in [6, 6.07) is 4.83. The summed E-state index contributed by atoms with van der Waals surface area (Å²) in [5.74, 6) is 0.816. The van der Waals surface area contributed by atoms with Gasteiger partial charge in [0.1, 0.15) is 17.5 Å². The van der Waals surface area contributed by atoms with Crippen molar-refractivity contribution < 1.29 is 9.53 Å². The highest BCUT2D eigenvalue weighted by Crippen LogP contribution is 2.26. The van der Waals surface area contributed by atoms with E-state index in [0.29, 0.717) is 13.1 Å². The molecule has 3 fully saturated rings. The van der Waals surface area contributed by atoms with E-state index in [1.54, 1.807) is 6.20 Å². The van der Waals surface area contributed by atoms with E-state index < -0.39 is 0 Å². The average molecular weight is 369 g/mol. The zero-order chi connectivity index (χ0) is 18.2. The zero-order valence-corrected chi connectivity index (χ0v) is 15.7. The lowest BCUT2D eigenvalue weighted by Gasteiger charge is -2.41. The summed E-state index contributed by atoms with van der Waals surface area (Å²) in [7, 11) is 0. The highest BCUT2D eigenvalue weighted by atomic mass is 16.5. The molecule has 0 N–H and O–H groups in total. The number of carbonyl (C=O) groups excluding carboxylic acids is 1. The smallest absolute Gasteiger partial charge is 0.320 e. The topological polar surface area (TPSA) is 53.3 Å². The van der Waals surface area contributed by atoms with Gasteiger partial charge in [0.2, 0.25) is 0 Å². The fraction of sp³-hybridized carbons (Fsp3) is 0.600. The highest BCUT2D eigenvalue weighted by Gasteiger charge is 2.36. The minimum absolute atomic E-state index is 0.0739. The molecule has 2 aliphatic heterocycles. The molecule has 1 saturated carbocycles. The Morgan fingerprint density at radius 3 is 2.74 bits per heavy atom. The summed E-state index contributed by atoms with van der Waals surface area (Å²) in [5.41, 5.74) is 0.875. The molecule has 2 amide bonds. The van der Waals surface area contributed by atoms with Crippen molar-refractivity contribution in [3.05, 3.63) is 30.7 Å². The number of urea groups is 1. The van der Waals surface area contributed by atoms with E-state index in [9.17, 15) is 4.79 Å². The SMILES string of the molecule is O=C(N1CCCN(C2CCC2)CC1)N1CC(Oc2ccn3ccnc3c2)C1. The van der Waals surface area contributed by atoms with Crippen LogP contribution in [-0.4, -0.2) is 81.5 Å². The quantitative estimate of drug-likeness (QED) is 0.831. The number of aromatic nitrogens is 2. The third-order valence-electron chi connectivity index (χ3n) is 6.18. The monoisotopic (exact) mass is 369 g/mol. The summed E-state index contributed by atoms with van der Waals surface area (Å²) in [6.45, 7) is 5.22. The molecular formula is C20H27N5O2. The van der Waals surface area contributed by atoms with Crippen molar-refractivity contribution in [3.63, 3.8) is 0 Å². The predicted octanol–water partition coefficient (Wildman–Crippen LogP) is 2.08. The summed E-state index contributed by atoms with van der Waals surface area (Å²) in [6.07, 6.45) is 10.8. The Morgan fingerprint density at radius 2 is 1.93 bits per heavy atom. The molecular weight excluding hydrogens is 342 g/mol. The normalized spacial score (nSPS) is 22.4. The Morgan fingerprint density at radius 1 is 1.04 bits per heavy atom. The zero-order valence-electron chi connectivity index (χ0n) is 15.7. The van der Waals surface area contributed by atoms with Gasteiger partial charge in [-0.1, -0.05) is 6.42 Å². The van der Waals surface area contributed by atoms with Crippen LogP contribution in [0.2, 0.25) is 0 Å². The van der Waals surface area contributed by atoms with E-state index in [-0.39, 0.29) is 12.1 Å². The maximum atomic E-state index is 12.8. The van der Waals surface area contributed by atoms with Gasteiger partial charge in [-0.2, -0.15) is 0 Å². The third kappa shape index (κ3) is 3.36. The number of pyridine rings is 1. The molecule has 0 atom stereocenters. The van der Waals surface area contributed by atoms with Crippen molar-refractivity contribution >= 4 is 11.7 Å². The molecule has 7 heteroatoms. The molecule has 5 rings (SSSR count). The fourth-order valence-corrected chi connectivity index (χ4v) is 4.27. The molecule has 0 spiro atoms. The number of imidazole rings is 1. The first-order valence-corrected chi connectivity index (χ1v) is 10.1. The van der Waals surface area contributed by atoms with Crippen LogP contribution in [0.3, 0.4) is 0 Å². The highest BCUT2D eigenvalue weighted by molar-refractivity contribution is 5.75. The largest absolute Gasteiger partial charge is 0.487 e. The van der Waals surface area contributed by atoms with Crippen molar-refractivity contribution in [3.8, 4) is 5.75 Å². The summed E-state index contributed by atoms with van der Waals surface area (Å²) in [4.78, 5) is 23.6. The van der Waals surface area contributed by atoms with E-state index in [1.165, 1.54) is 19.3 Å². The number of nitrogens with zero attached hydrogens (tertiary/aromatic N) is 5. The number of fused-ring (bicyclic) bond motifs is 1. The van der Waals surface area contributed by atoms with Crippen LogP contribution in [0.25, 0.3) is 5.65 Å².